The summed E-state index contributed by atoms with van der Waals surface area (Å²) in [6, 6.07) is 5.40. The summed E-state index contributed by atoms with van der Waals surface area (Å²) in [6.07, 6.45) is -0.920. The Labute approximate surface area is 210 Å². The van der Waals surface area contributed by atoms with Gasteiger partial charge in [0.25, 0.3) is 5.91 Å². The number of amides is 3. The molecule has 7 nitrogen and oxygen atoms in total. The molecular formula is C25H26F5N5O2. The van der Waals surface area contributed by atoms with E-state index in [0.29, 0.717) is 24.9 Å². The van der Waals surface area contributed by atoms with Crippen molar-refractivity contribution in [2.75, 3.05) is 26.2 Å². The summed E-state index contributed by atoms with van der Waals surface area (Å²) in [6.45, 7) is 2.41. The summed E-state index contributed by atoms with van der Waals surface area (Å²) in [4.78, 5) is 31.4. The highest BCUT2D eigenvalue weighted by Gasteiger charge is 2.45. The third-order valence-corrected chi connectivity index (χ3v) is 6.51. The van der Waals surface area contributed by atoms with Crippen LogP contribution in [0.5, 0.6) is 0 Å². The van der Waals surface area contributed by atoms with E-state index in [1.54, 1.807) is 11.5 Å². The molecule has 3 heterocycles. The Balaban J connectivity index is 1.38. The van der Waals surface area contributed by atoms with Crippen LogP contribution in [0.4, 0.5) is 26.7 Å². The van der Waals surface area contributed by atoms with Gasteiger partial charge < -0.3 is 20.9 Å². The van der Waals surface area contributed by atoms with Crippen LogP contribution in [0.1, 0.15) is 42.5 Å². The van der Waals surface area contributed by atoms with Crippen LogP contribution in [0.15, 0.2) is 53.9 Å². The maximum atomic E-state index is 13.8. The largest absolute Gasteiger partial charge is 0.431 e. The van der Waals surface area contributed by atoms with Crippen LogP contribution in [0.3, 0.4) is 0 Å². The topological polar surface area (TPSA) is 86.4 Å². The fraction of sp³-hybridized carbons (Fsp3) is 0.400. The van der Waals surface area contributed by atoms with E-state index in [4.69, 9.17) is 0 Å². The van der Waals surface area contributed by atoms with Crippen molar-refractivity contribution in [1.29, 1.82) is 0 Å². The third kappa shape index (κ3) is 6.43. The number of halogens is 5. The molecule has 2 aromatic rings. The molecule has 0 bridgehead atoms. The molecule has 1 atom stereocenters. The van der Waals surface area contributed by atoms with Crippen LogP contribution in [0.25, 0.3) is 0 Å². The quantitative estimate of drug-likeness (QED) is 0.380. The Morgan fingerprint density at radius 3 is 2.51 bits per heavy atom. The first-order valence-corrected chi connectivity index (χ1v) is 11.9. The van der Waals surface area contributed by atoms with Gasteiger partial charge >= 0.3 is 12.2 Å². The number of alkyl halides is 3. The first kappa shape index (κ1) is 26.5. The molecule has 0 spiro atoms. The summed E-state index contributed by atoms with van der Waals surface area (Å²) in [7, 11) is 0. The van der Waals surface area contributed by atoms with Crippen molar-refractivity contribution < 1.29 is 31.5 Å². The number of piperidine rings is 1. The second-order valence-electron chi connectivity index (χ2n) is 8.97. The van der Waals surface area contributed by atoms with E-state index >= 15 is 0 Å². The number of likely N-dealkylation sites (tertiary alicyclic amines) is 1. The zero-order valence-electron chi connectivity index (χ0n) is 19.7. The van der Waals surface area contributed by atoms with Gasteiger partial charge in [0.2, 0.25) is 0 Å². The van der Waals surface area contributed by atoms with Gasteiger partial charge in [-0.1, -0.05) is 12.1 Å². The fourth-order valence-electron chi connectivity index (χ4n) is 4.64. The average molecular weight is 524 g/mol. The molecule has 198 valence electrons. The number of pyridine rings is 1. The lowest BCUT2D eigenvalue weighted by Crippen LogP contribution is -2.50. The van der Waals surface area contributed by atoms with E-state index < -0.39 is 47.1 Å². The monoisotopic (exact) mass is 523 g/mol. The van der Waals surface area contributed by atoms with Crippen molar-refractivity contribution in [3.63, 3.8) is 0 Å². The van der Waals surface area contributed by atoms with Crippen LogP contribution in [-0.2, 0) is 4.79 Å². The molecule has 37 heavy (non-hydrogen) atoms. The number of allylic oxidation sites excluding steroid dienone is 1. The molecule has 2 aliphatic rings. The lowest BCUT2D eigenvalue weighted by molar-refractivity contribution is -0.120. The standard InChI is InChI=1S/C25H26F5N5O2/c26-17-6-5-16(14-18(17)27)21-20(22(25(28,29)30)34-24(37)33-21)23(36)32-10-3-11-35-12-7-15(8-13-35)19-4-1-2-9-31-19/h1-2,4-6,9,14-15,21H,3,7-8,10-13H2,(H,32,36)(H2,33,34,37)/t21-/m1/s1. The van der Waals surface area contributed by atoms with Gasteiger partial charge in [-0.3, -0.25) is 9.78 Å². The summed E-state index contributed by atoms with van der Waals surface area (Å²) in [5, 5.41) is 6.31. The maximum absolute atomic E-state index is 13.8. The van der Waals surface area contributed by atoms with Gasteiger partial charge in [0, 0.05) is 24.4 Å². The van der Waals surface area contributed by atoms with E-state index in [2.05, 4.69) is 20.5 Å². The summed E-state index contributed by atoms with van der Waals surface area (Å²) in [5.41, 5.74) is -1.50. The normalized spacial score (nSPS) is 19.4. The number of urea groups is 1. The Morgan fingerprint density at radius 1 is 1.11 bits per heavy atom. The van der Waals surface area contributed by atoms with Crippen molar-refractivity contribution in [3.05, 3.63) is 76.8 Å². The Kier molecular flexibility index (Phi) is 8.06. The Morgan fingerprint density at radius 2 is 1.86 bits per heavy atom. The van der Waals surface area contributed by atoms with Crippen LogP contribution in [0.2, 0.25) is 0 Å². The minimum Gasteiger partial charge on any atom is -0.352 e. The van der Waals surface area contributed by atoms with Gasteiger partial charge in [0.1, 0.15) is 5.70 Å². The van der Waals surface area contributed by atoms with Crippen LogP contribution in [-0.4, -0.2) is 54.2 Å². The highest BCUT2D eigenvalue weighted by atomic mass is 19.4. The van der Waals surface area contributed by atoms with E-state index in [9.17, 15) is 31.5 Å². The molecule has 1 aromatic carbocycles. The third-order valence-electron chi connectivity index (χ3n) is 6.51. The maximum Gasteiger partial charge on any atom is 0.431 e. The van der Waals surface area contributed by atoms with Gasteiger partial charge in [-0.25, -0.2) is 13.6 Å². The van der Waals surface area contributed by atoms with Gasteiger partial charge in [0.15, 0.2) is 11.6 Å². The predicted molar refractivity (Wildman–Crippen MR) is 124 cm³/mol. The van der Waals surface area contributed by atoms with E-state index in [1.807, 2.05) is 18.2 Å². The van der Waals surface area contributed by atoms with Crippen molar-refractivity contribution in [3.8, 4) is 0 Å². The van der Waals surface area contributed by atoms with Gasteiger partial charge in [-0.05, 0) is 68.7 Å². The summed E-state index contributed by atoms with van der Waals surface area (Å²) >= 11 is 0. The molecule has 3 N–H and O–H groups in total. The number of carbonyl (C=O) groups excluding carboxylic acids is 2. The molecule has 0 radical (unpaired) electrons. The van der Waals surface area contributed by atoms with Crippen molar-refractivity contribution in [2.24, 2.45) is 0 Å². The number of aromatic nitrogens is 1. The van der Waals surface area contributed by atoms with Gasteiger partial charge in [-0.15, -0.1) is 0 Å². The second-order valence-corrected chi connectivity index (χ2v) is 8.97. The predicted octanol–water partition coefficient (Wildman–Crippen LogP) is 3.92. The SMILES string of the molecule is O=C1NC(C(F)(F)F)=C(C(=O)NCCCN2CCC(c3ccccn3)CC2)[C@@H](c2ccc(F)c(F)c2)N1. The number of benzene rings is 1. The molecule has 12 heteroatoms. The number of nitrogens with one attached hydrogen (secondary N) is 3. The average Bonchev–Trinajstić information content (AvgIpc) is 2.88. The summed E-state index contributed by atoms with van der Waals surface area (Å²) in [5.74, 6) is -3.21. The number of rotatable bonds is 7. The molecular weight excluding hydrogens is 497 g/mol. The lowest BCUT2D eigenvalue weighted by Gasteiger charge is -2.32. The van der Waals surface area contributed by atoms with E-state index in [0.717, 1.165) is 43.8 Å². The zero-order chi connectivity index (χ0) is 26.6. The smallest absolute Gasteiger partial charge is 0.352 e. The van der Waals surface area contributed by atoms with Crippen LogP contribution >= 0.6 is 0 Å². The van der Waals surface area contributed by atoms with Crippen molar-refractivity contribution >= 4 is 11.9 Å². The molecule has 1 saturated heterocycles. The van der Waals surface area contributed by atoms with Crippen molar-refractivity contribution in [2.45, 2.75) is 37.4 Å². The molecule has 3 amide bonds. The minimum atomic E-state index is -5.06. The highest BCUT2D eigenvalue weighted by molar-refractivity contribution is 5.99. The molecule has 4 rings (SSSR count). The number of hydrogen-bond donors (Lipinski definition) is 3. The molecule has 1 fully saturated rings. The van der Waals surface area contributed by atoms with Crippen molar-refractivity contribution in [1.82, 2.24) is 25.8 Å². The number of carbonyl (C=O) groups is 2. The van der Waals surface area contributed by atoms with Gasteiger partial charge in [-0.2, -0.15) is 13.2 Å². The second kappa shape index (κ2) is 11.2. The lowest BCUT2D eigenvalue weighted by atomic mass is 9.93. The Hall–Kier alpha value is -3.54. The zero-order valence-corrected chi connectivity index (χ0v) is 19.7. The first-order chi connectivity index (χ1) is 17.6. The van der Waals surface area contributed by atoms with Crippen LogP contribution in [0, 0.1) is 11.6 Å². The number of nitrogens with zero attached hydrogens (tertiary/aromatic N) is 2. The van der Waals surface area contributed by atoms with E-state index in [1.165, 1.54) is 0 Å². The molecule has 1 aromatic heterocycles. The Bertz CT molecular complexity index is 1160. The fourth-order valence-corrected chi connectivity index (χ4v) is 4.64. The summed E-state index contributed by atoms with van der Waals surface area (Å²) < 4.78 is 68.3. The first-order valence-electron chi connectivity index (χ1n) is 11.9. The number of hydrogen-bond acceptors (Lipinski definition) is 4. The molecule has 0 unspecified atom stereocenters. The highest BCUT2D eigenvalue weighted by Crippen LogP contribution is 2.35. The molecule has 0 aliphatic carbocycles. The van der Waals surface area contributed by atoms with Crippen LogP contribution < -0.4 is 16.0 Å². The van der Waals surface area contributed by atoms with E-state index in [-0.39, 0.29) is 12.1 Å². The minimum absolute atomic E-state index is 0.0894. The molecule has 0 saturated carbocycles. The van der Waals surface area contributed by atoms with Gasteiger partial charge in [0.05, 0.1) is 11.6 Å². The molecule has 2 aliphatic heterocycles.